The molecule has 3 rings (SSSR count). The van der Waals surface area contributed by atoms with Gasteiger partial charge in [-0.1, -0.05) is 12.1 Å². The van der Waals surface area contributed by atoms with Gasteiger partial charge in [0.25, 0.3) is 5.91 Å². The van der Waals surface area contributed by atoms with Crippen molar-refractivity contribution in [3.8, 4) is 17.3 Å². The van der Waals surface area contributed by atoms with E-state index in [1.807, 2.05) is 6.26 Å². The lowest BCUT2D eigenvalue weighted by Gasteiger charge is -2.20. The van der Waals surface area contributed by atoms with E-state index in [1.165, 1.54) is 35.1 Å². The number of hydrogen-bond acceptors (Lipinski definition) is 6. The van der Waals surface area contributed by atoms with Crippen LogP contribution >= 0.6 is 11.8 Å². The number of nitrogens with zero attached hydrogens (tertiary/aromatic N) is 3. The van der Waals surface area contributed by atoms with E-state index in [0.717, 1.165) is 5.56 Å². The van der Waals surface area contributed by atoms with Gasteiger partial charge in [-0.3, -0.25) is 4.79 Å². The molecule has 0 unspecified atom stereocenters. The second kappa shape index (κ2) is 9.04. The van der Waals surface area contributed by atoms with Crippen molar-refractivity contribution in [1.82, 2.24) is 14.9 Å². The van der Waals surface area contributed by atoms with Crippen LogP contribution in [0.4, 0.5) is 8.78 Å². The van der Waals surface area contributed by atoms with E-state index >= 15 is 0 Å². The molecule has 6 nitrogen and oxygen atoms in total. The fourth-order valence-corrected chi connectivity index (χ4v) is 3.39. The minimum absolute atomic E-state index is 0.0696. The Morgan fingerprint density at radius 2 is 1.97 bits per heavy atom. The zero-order valence-electron chi connectivity index (χ0n) is 16.1. The smallest absolute Gasteiger partial charge is 0.387 e. The SMILES string of the molecule is CSc1nc(-c2ccco2)nc(C)c1C(=O)N(C)Cc1ccc(OC(F)F)cc1. The van der Waals surface area contributed by atoms with Gasteiger partial charge in [-0.05, 0) is 43.0 Å². The first-order valence-electron chi connectivity index (χ1n) is 8.64. The molecule has 0 atom stereocenters. The monoisotopic (exact) mass is 419 g/mol. The van der Waals surface area contributed by atoms with Gasteiger partial charge in [-0.15, -0.1) is 11.8 Å². The zero-order valence-corrected chi connectivity index (χ0v) is 16.9. The summed E-state index contributed by atoms with van der Waals surface area (Å²) in [4.78, 5) is 23.5. The number of halogens is 2. The molecule has 0 saturated heterocycles. The second-order valence-corrected chi connectivity index (χ2v) is 6.97. The van der Waals surface area contributed by atoms with Crippen molar-refractivity contribution in [1.29, 1.82) is 0 Å². The molecule has 2 heterocycles. The highest BCUT2D eigenvalue weighted by Gasteiger charge is 2.22. The van der Waals surface area contributed by atoms with Gasteiger partial charge in [0.1, 0.15) is 10.8 Å². The Bertz CT molecular complexity index is 979. The average molecular weight is 419 g/mol. The molecule has 152 valence electrons. The summed E-state index contributed by atoms with van der Waals surface area (Å²) in [5.74, 6) is 0.790. The highest BCUT2D eigenvalue weighted by molar-refractivity contribution is 7.98. The number of amides is 1. The van der Waals surface area contributed by atoms with Gasteiger partial charge >= 0.3 is 6.61 Å². The van der Waals surface area contributed by atoms with Crippen molar-refractivity contribution in [2.75, 3.05) is 13.3 Å². The quantitative estimate of drug-likeness (QED) is 0.411. The predicted molar refractivity (Wildman–Crippen MR) is 105 cm³/mol. The van der Waals surface area contributed by atoms with Gasteiger partial charge in [-0.25, -0.2) is 9.97 Å². The first-order chi connectivity index (χ1) is 13.9. The van der Waals surface area contributed by atoms with Crippen LogP contribution in [0.5, 0.6) is 5.75 Å². The Balaban J connectivity index is 1.80. The summed E-state index contributed by atoms with van der Waals surface area (Å²) in [6.45, 7) is -0.825. The maximum atomic E-state index is 13.0. The van der Waals surface area contributed by atoms with E-state index in [-0.39, 0.29) is 11.7 Å². The van der Waals surface area contributed by atoms with Crippen LogP contribution < -0.4 is 4.74 Å². The molecule has 0 spiro atoms. The predicted octanol–water partition coefficient (Wildman–Crippen LogP) is 4.64. The molecule has 0 radical (unpaired) electrons. The Hall–Kier alpha value is -2.94. The first-order valence-corrected chi connectivity index (χ1v) is 9.87. The third-order valence-corrected chi connectivity index (χ3v) is 4.80. The molecule has 0 N–H and O–H groups in total. The van der Waals surface area contributed by atoms with Gasteiger partial charge < -0.3 is 14.1 Å². The molecule has 1 aromatic carbocycles. The average Bonchev–Trinajstić information content (AvgIpc) is 3.22. The van der Waals surface area contributed by atoms with E-state index in [4.69, 9.17) is 4.42 Å². The number of hydrogen-bond donors (Lipinski definition) is 0. The topological polar surface area (TPSA) is 68.5 Å². The van der Waals surface area contributed by atoms with E-state index in [1.54, 1.807) is 38.2 Å². The molecule has 29 heavy (non-hydrogen) atoms. The number of thioether (sulfide) groups is 1. The fraction of sp³-hybridized carbons (Fsp3) is 0.250. The van der Waals surface area contributed by atoms with Crippen LogP contribution in [0, 0.1) is 6.92 Å². The second-order valence-electron chi connectivity index (χ2n) is 6.18. The molecule has 0 aliphatic carbocycles. The lowest BCUT2D eigenvalue weighted by atomic mass is 10.1. The summed E-state index contributed by atoms with van der Waals surface area (Å²) >= 11 is 1.35. The standard InChI is InChI=1S/C20H19F2N3O3S/c1-12-16(18(29-3)24-17(23-12)15-5-4-10-27-15)19(26)25(2)11-13-6-8-14(9-7-13)28-20(21)22/h4-10,20H,11H2,1-3H3. The molecule has 9 heteroatoms. The van der Waals surface area contributed by atoms with E-state index < -0.39 is 6.61 Å². The van der Waals surface area contributed by atoms with Crippen LogP contribution in [0.15, 0.2) is 52.1 Å². The summed E-state index contributed by atoms with van der Waals surface area (Å²) in [7, 11) is 1.66. The van der Waals surface area contributed by atoms with Gasteiger partial charge in [0.15, 0.2) is 11.6 Å². The molecule has 0 saturated carbocycles. The highest BCUT2D eigenvalue weighted by atomic mass is 32.2. The Morgan fingerprint density at radius 3 is 2.55 bits per heavy atom. The van der Waals surface area contributed by atoms with E-state index in [2.05, 4.69) is 14.7 Å². The van der Waals surface area contributed by atoms with Crippen LogP contribution in [0.1, 0.15) is 21.6 Å². The summed E-state index contributed by atoms with van der Waals surface area (Å²) in [5, 5.41) is 0.557. The largest absolute Gasteiger partial charge is 0.461 e. The number of benzene rings is 1. The first kappa shape index (κ1) is 20.8. The lowest BCUT2D eigenvalue weighted by molar-refractivity contribution is -0.0498. The van der Waals surface area contributed by atoms with Gasteiger partial charge in [-0.2, -0.15) is 8.78 Å². The Morgan fingerprint density at radius 1 is 1.24 bits per heavy atom. The van der Waals surface area contributed by atoms with Crippen molar-refractivity contribution in [2.24, 2.45) is 0 Å². The molecule has 0 aliphatic rings. The van der Waals surface area contributed by atoms with E-state index in [0.29, 0.717) is 34.4 Å². The molecule has 0 fully saturated rings. The molecule has 0 bridgehead atoms. The molecule has 2 aromatic heterocycles. The van der Waals surface area contributed by atoms with Gasteiger partial charge in [0.2, 0.25) is 0 Å². The number of alkyl halides is 2. The third-order valence-electron chi connectivity index (χ3n) is 4.12. The van der Waals surface area contributed by atoms with Gasteiger partial charge in [0.05, 0.1) is 17.5 Å². The molecule has 1 amide bonds. The van der Waals surface area contributed by atoms with Crippen LogP contribution in [0.25, 0.3) is 11.6 Å². The molecular formula is C20H19F2N3O3S. The normalized spacial score (nSPS) is 11.0. The minimum atomic E-state index is -2.87. The molecule has 0 aliphatic heterocycles. The number of ether oxygens (including phenoxy) is 1. The Labute approximate surface area is 170 Å². The van der Waals surface area contributed by atoms with Crippen LogP contribution in [-0.2, 0) is 6.54 Å². The minimum Gasteiger partial charge on any atom is -0.461 e. The number of carbonyl (C=O) groups is 1. The maximum Gasteiger partial charge on any atom is 0.387 e. The van der Waals surface area contributed by atoms with Crippen LogP contribution in [0.2, 0.25) is 0 Å². The fourth-order valence-electron chi connectivity index (χ4n) is 2.77. The van der Waals surface area contributed by atoms with Crippen molar-refractivity contribution in [3.63, 3.8) is 0 Å². The number of aryl methyl sites for hydroxylation is 1. The summed E-state index contributed by atoms with van der Waals surface area (Å²) in [6.07, 6.45) is 3.38. The third kappa shape index (κ3) is 4.92. The number of carbonyl (C=O) groups excluding carboxylic acids is 1. The van der Waals surface area contributed by atoms with E-state index in [9.17, 15) is 13.6 Å². The summed E-state index contributed by atoms with van der Waals surface area (Å²) in [6, 6.07) is 9.67. The van der Waals surface area contributed by atoms with Crippen LogP contribution in [0.3, 0.4) is 0 Å². The summed E-state index contributed by atoms with van der Waals surface area (Å²) in [5.41, 5.74) is 1.75. The van der Waals surface area contributed by atoms with Gasteiger partial charge in [0, 0.05) is 13.6 Å². The Kier molecular flexibility index (Phi) is 6.48. The summed E-state index contributed by atoms with van der Waals surface area (Å²) < 4.78 is 34.2. The molecular weight excluding hydrogens is 400 g/mol. The highest BCUT2D eigenvalue weighted by Crippen LogP contribution is 2.26. The number of rotatable bonds is 7. The lowest BCUT2D eigenvalue weighted by Crippen LogP contribution is -2.28. The van der Waals surface area contributed by atoms with Crippen LogP contribution in [-0.4, -0.2) is 40.7 Å². The number of furan rings is 1. The maximum absolute atomic E-state index is 13.0. The van der Waals surface area contributed by atoms with Crippen molar-refractivity contribution in [2.45, 2.75) is 25.1 Å². The van der Waals surface area contributed by atoms with Crippen molar-refractivity contribution < 1.29 is 22.7 Å². The van der Waals surface area contributed by atoms with Crippen molar-refractivity contribution in [3.05, 3.63) is 59.5 Å². The molecule has 3 aromatic rings. The van der Waals surface area contributed by atoms with Crippen molar-refractivity contribution >= 4 is 17.7 Å². The zero-order chi connectivity index (χ0) is 21.0. The number of aromatic nitrogens is 2.